The Balaban J connectivity index is 0.000000290. The molecular formula is C19H19BrN2O3S. The van der Waals surface area contributed by atoms with Gasteiger partial charge in [-0.2, -0.15) is 8.42 Å². The highest BCUT2D eigenvalue weighted by Gasteiger charge is 2.24. The third kappa shape index (κ3) is 6.51. The van der Waals surface area contributed by atoms with E-state index in [4.69, 9.17) is 5.73 Å². The van der Waals surface area contributed by atoms with E-state index in [9.17, 15) is 13.0 Å². The maximum absolute atomic E-state index is 11.5. The Morgan fingerprint density at radius 3 is 1.77 bits per heavy atom. The molecule has 0 aliphatic heterocycles. The number of nitrogens with two attached hydrogens (primary N) is 1. The van der Waals surface area contributed by atoms with E-state index in [1.165, 1.54) is 0 Å². The molecule has 0 aliphatic rings. The van der Waals surface area contributed by atoms with Crippen LogP contribution < -0.4 is 11.1 Å². The van der Waals surface area contributed by atoms with Gasteiger partial charge in [-0.1, -0.05) is 64.5 Å². The van der Waals surface area contributed by atoms with Gasteiger partial charge in [-0.05, 0) is 42.0 Å². The molecule has 0 amide bonds. The Bertz CT molecular complexity index is 903. The van der Waals surface area contributed by atoms with Crippen molar-refractivity contribution in [2.24, 2.45) is 0 Å². The van der Waals surface area contributed by atoms with E-state index >= 15 is 0 Å². The molecule has 0 saturated heterocycles. The lowest BCUT2D eigenvalue weighted by Gasteiger charge is -2.17. The average Bonchev–Trinajstić information content (AvgIpc) is 2.62. The fourth-order valence-electron chi connectivity index (χ4n) is 2.11. The number of anilines is 2. The number of nitrogens with one attached hydrogen (secondary N) is 1. The Morgan fingerprint density at radius 1 is 0.846 bits per heavy atom. The molecule has 0 heterocycles. The normalized spacial score (nSPS) is 11.8. The van der Waals surface area contributed by atoms with Crippen LogP contribution in [0.5, 0.6) is 0 Å². The lowest BCUT2D eigenvalue weighted by atomic mass is 10.2. The van der Waals surface area contributed by atoms with Crippen molar-refractivity contribution in [1.82, 2.24) is 0 Å². The summed E-state index contributed by atoms with van der Waals surface area (Å²) in [5, 5.41) is 1.61. The molecule has 3 aromatic carbocycles. The molecule has 5 nitrogen and oxygen atoms in total. The number of nitrogen functional groups attached to an aromatic ring is 1. The number of para-hydroxylation sites is 2. The zero-order chi connectivity index (χ0) is 19.0. The molecule has 3 aromatic rings. The predicted molar refractivity (Wildman–Crippen MR) is 109 cm³/mol. The predicted octanol–water partition coefficient (Wildman–Crippen LogP) is 4.72. The first-order valence-electron chi connectivity index (χ1n) is 7.70. The van der Waals surface area contributed by atoms with Gasteiger partial charge in [0, 0.05) is 15.8 Å². The molecular weight excluding hydrogens is 416 g/mol. The second-order valence-corrected chi connectivity index (χ2v) is 7.78. The van der Waals surface area contributed by atoms with Crippen molar-refractivity contribution in [3.63, 3.8) is 0 Å². The lowest BCUT2D eigenvalue weighted by Crippen LogP contribution is -2.20. The third-order valence-corrected chi connectivity index (χ3v) is 4.86. The monoisotopic (exact) mass is 434 g/mol. The second kappa shape index (κ2) is 9.38. The van der Waals surface area contributed by atoms with Crippen LogP contribution in [0.3, 0.4) is 0 Å². The summed E-state index contributed by atoms with van der Waals surface area (Å²) >= 11 is 3.28. The van der Waals surface area contributed by atoms with E-state index in [0.29, 0.717) is 11.3 Å². The summed E-state index contributed by atoms with van der Waals surface area (Å²) in [5.74, 6) is 0. The smallest absolute Gasteiger partial charge is 0.290 e. The van der Waals surface area contributed by atoms with Crippen LogP contribution in [0.1, 0.15) is 10.9 Å². The Hall–Kier alpha value is -2.35. The van der Waals surface area contributed by atoms with Gasteiger partial charge >= 0.3 is 0 Å². The van der Waals surface area contributed by atoms with Gasteiger partial charge in [0.05, 0.1) is 0 Å². The highest BCUT2D eigenvalue weighted by atomic mass is 79.9. The van der Waals surface area contributed by atoms with E-state index in [2.05, 4.69) is 21.2 Å². The molecule has 136 valence electrons. The minimum absolute atomic E-state index is 0.467. The summed E-state index contributed by atoms with van der Waals surface area (Å²) in [6, 6.07) is 25.1. The number of hydrogen-bond acceptors (Lipinski definition) is 4. The van der Waals surface area contributed by atoms with Gasteiger partial charge in [0.2, 0.25) is 0 Å². The molecule has 1 atom stereocenters. The molecule has 3 rings (SSSR count). The van der Waals surface area contributed by atoms with Crippen LogP contribution in [0, 0.1) is 0 Å². The molecule has 0 bridgehead atoms. The van der Waals surface area contributed by atoms with E-state index < -0.39 is 15.5 Å². The van der Waals surface area contributed by atoms with Crippen LogP contribution in [0.2, 0.25) is 0 Å². The third-order valence-electron chi connectivity index (χ3n) is 3.34. The molecule has 0 spiro atoms. The largest absolute Gasteiger partial charge is 0.399 e. The Morgan fingerprint density at radius 2 is 1.35 bits per heavy atom. The summed E-state index contributed by atoms with van der Waals surface area (Å²) in [5.41, 5.74) is 7.27. The van der Waals surface area contributed by atoms with Crippen molar-refractivity contribution in [2.75, 3.05) is 11.1 Å². The van der Waals surface area contributed by atoms with Crippen molar-refractivity contribution < 1.29 is 13.0 Å². The van der Waals surface area contributed by atoms with Crippen molar-refractivity contribution in [2.45, 2.75) is 5.37 Å². The van der Waals surface area contributed by atoms with Gasteiger partial charge in [0.25, 0.3) is 10.1 Å². The molecule has 0 aliphatic carbocycles. The topological polar surface area (TPSA) is 92.4 Å². The maximum atomic E-state index is 11.5. The van der Waals surface area contributed by atoms with Crippen LogP contribution in [-0.2, 0) is 10.1 Å². The van der Waals surface area contributed by atoms with E-state index in [-0.39, 0.29) is 0 Å². The van der Waals surface area contributed by atoms with Crippen LogP contribution >= 0.6 is 15.9 Å². The molecule has 0 fully saturated rings. The highest BCUT2D eigenvalue weighted by molar-refractivity contribution is 9.10. The first kappa shape index (κ1) is 20.0. The van der Waals surface area contributed by atoms with Gasteiger partial charge in [-0.25, -0.2) is 0 Å². The maximum Gasteiger partial charge on any atom is 0.290 e. The zero-order valence-corrected chi connectivity index (χ0v) is 16.2. The van der Waals surface area contributed by atoms with Crippen molar-refractivity contribution >= 4 is 37.4 Å². The average molecular weight is 435 g/mol. The van der Waals surface area contributed by atoms with Crippen molar-refractivity contribution in [3.05, 3.63) is 95.0 Å². The number of halogens is 1. The van der Waals surface area contributed by atoms with Gasteiger partial charge in [0.1, 0.15) is 0 Å². The van der Waals surface area contributed by atoms with E-state index in [1.807, 2.05) is 36.4 Å². The SMILES string of the molecule is Nc1ccccc1.O=S(=O)(O)C(Nc1ccccc1)c1ccc(Br)cc1. The molecule has 4 N–H and O–H groups in total. The van der Waals surface area contributed by atoms with Crippen LogP contribution in [0.25, 0.3) is 0 Å². The first-order valence-corrected chi connectivity index (χ1v) is 10.00. The molecule has 1 unspecified atom stereocenters. The van der Waals surface area contributed by atoms with Crippen LogP contribution in [-0.4, -0.2) is 13.0 Å². The molecule has 0 radical (unpaired) electrons. The molecule has 7 heteroatoms. The number of benzene rings is 3. The summed E-state index contributed by atoms with van der Waals surface area (Å²) in [7, 11) is -4.26. The quantitative estimate of drug-likeness (QED) is 0.408. The minimum Gasteiger partial charge on any atom is -0.399 e. The molecule has 0 saturated carbocycles. The van der Waals surface area contributed by atoms with E-state index in [0.717, 1.165) is 10.2 Å². The van der Waals surface area contributed by atoms with Gasteiger partial charge in [0.15, 0.2) is 5.37 Å². The van der Waals surface area contributed by atoms with Gasteiger partial charge < -0.3 is 11.1 Å². The van der Waals surface area contributed by atoms with Gasteiger partial charge in [-0.15, -0.1) is 0 Å². The highest BCUT2D eigenvalue weighted by Crippen LogP contribution is 2.25. The Labute approximate surface area is 161 Å². The van der Waals surface area contributed by atoms with Crippen LogP contribution in [0.15, 0.2) is 89.4 Å². The number of rotatable bonds is 4. The Kier molecular flexibility index (Phi) is 7.20. The molecule has 0 aromatic heterocycles. The number of hydrogen-bond donors (Lipinski definition) is 3. The lowest BCUT2D eigenvalue weighted by molar-refractivity contribution is 0.473. The van der Waals surface area contributed by atoms with E-state index in [1.54, 1.807) is 48.5 Å². The first-order chi connectivity index (χ1) is 12.4. The molecule has 26 heavy (non-hydrogen) atoms. The fourth-order valence-corrected chi connectivity index (χ4v) is 3.16. The fraction of sp³-hybridized carbons (Fsp3) is 0.0526. The second-order valence-electron chi connectivity index (χ2n) is 5.37. The standard InChI is InChI=1S/C13H12BrNO3S.C6H7N/c14-11-8-6-10(7-9-11)13(19(16,17)18)15-12-4-2-1-3-5-12;7-6-4-2-1-3-5-6/h1-9,13,15H,(H,16,17,18);1-5H,7H2. The minimum atomic E-state index is -4.26. The van der Waals surface area contributed by atoms with Crippen molar-refractivity contribution in [1.29, 1.82) is 0 Å². The summed E-state index contributed by atoms with van der Waals surface area (Å²) < 4.78 is 33.2. The van der Waals surface area contributed by atoms with Gasteiger partial charge in [-0.3, -0.25) is 4.55 Å². The summed E-state index contributed by atoms with van der Waals surface area (Å²) in [4.78, 5) is 0. The van der Waals surface area contributed by atoms with Crippen molar-refractivity contribution in [3.8, 4) is 0 Å². The summed E-state index contributed by atoms with van der Waals surface area (Å²) in [6.45, 7) is 0. The zero-order valence-electron chi connectivity index (χ0n) is 13.8. The van der Waals surface area contributed by atoms with Crippen LogP contribution in [0.4, 0.5) is 11.4 Å². The summed E-state index contributed by atoms with van der Waals surface area (Å²) in [6.07, 6.45) is 0.